The van der Waals surface area contributed by atoms with E-state index in [9.17, 15) is 0 Å². The van der Waals surface area contributed by atoms with E-state index in [1.165, 1.54) is 96.3 Å². The van der Waals surface area contributed by atoms with Crippen LogP contribution in [0.3, 0.4) is 0 Å². The Balaban J connectivity index is 0.00000176. The molecule has 0 heterocycles. The third-order valence-electron chi connectivity index (χ3n) is 7.10. The SMILES string of the molecule is Cl.PC(CC1CCCCC1)(C1CCCCC1)C1CCCCC1. The van der Waals surface area contributed by atoms with Crippen LogP contribution in [0.5, 0.6) is 0 Å². The first-order valence-corrected chi connectivity index (χ1v) is 10.7. The zero-order valence-electron chi connectivity index (χ0n) is 14.5. The van der Waals surface area contributed by atoms with Gasteiger partial charge >= 0.3 is 0 Å². The average Bonchev–Trinajstić information content (AvgIpc) is 2.57. The van der Waals surface area contributed by atoms with Crippen molar-refractivity contribution in [1.82, 2.24) is 0 Å². The molecular formula is C20H38ClP. The van der Waals surface area contributed by atoms with Crippen LogP contribution < -0.4 is 0 Å². The van der Waals surface area contributed by atoms with Gasteiger partial charge in [-0.15, -0.1) is 21.6 Å². The topological polar surface area (TPSA) is 0 Å². The minimum Gasteiger partial charge on any atom is -0.147 e. The van der Waals surface area contributed by atoms with E-state index in [1.54, 1.807) is 6.42 Å². The Bertz CT molecular complexity index is 281. The fourth-order valence-corrected chi connectivity index (χ4v) is 6.84. The van der Waals surface area contributed by atoms with Gasteiger partial charge in [-0.25, -0.2) is 0 Å². The van der Waals surface area contributed by atoms with Gasteiger partial charge in [-0.05, 0) is 55.0 Å². The van der Waals surface area contributed by atoms with Crippen molar-refractivity contribution in [2.75, 3.05) is 0 Å². The predicted octanol–water partition coefficient (Wildman–Crippen LogP) is 7.15. The Hall–Kier alpha value is 0.720. The second-order valence-corrected chi connectivity index (χ2v) is 9.57. The normalized spacial score (nSPS) is 26.6. The van der Waals surface area contributed by atoms with E-state index in [0.29, 0.717) is 5.16 Å². The van der Waals surface area contributed by atoms with Crippen LogP contribution in [-0.2, 0) is 0 Å². The standard InChI is InChI=1S/C20H37P.ClH/c21-20(18-12-6-2-7-13-18,19-14-8-3-9-15-19)16-17-10-4-1-5-11-17;/h17-19H,1-16,21H2;1H. The molecule has 3 fully saturated rings. The monoisotopic (exact) mass is 344 g/mol. The van der Waals surface area contributed by atoms with Crippen LogP contribution in [0.25, 0.3) is 0 Å². The summed E-state index contributed by atoms with van der Waals surface area (Å²) < 4.78 is 0. The molecule has 2 heteroatoms. The lowest BCUT2D eigenvalue weighted by Crippen LogP contribution is -2.43. The summed E-state index contributed by atoms with van der Waals surface area (Å²) in [4.78, 5) is 0. The number of rotatable bonds is 4. The Morgan fingerprint density at radius 1 is 0.591 bits per heavy atom. The van der Waals surface area contributed by atoms with Crippen molar-refractivity contribution in [2.45, 2.75) is 108 Å². The molecule has 0 aromatic rings. The molecule has 22 heavy (non-hydrogen) atoms. The highest BCUT2D eigenvalue weighted by molar-refractivity contribution is 7.19. The van der Waals surface area contributed by atoms with Gasteiger partial charge in [0.1, 0.15) is 0 Å². The molecule has 0 saturated heterocycles. The van der Waals surface area contributed by atoms with Crippen LogP contribution in [0.2, 0.25) is 0 Å². The third-order valence-corrected chi connectivity index (χ3v) is 8.28. The number of hydrogen-bond acceptors (Lipinski definition) is 0. The molecule has 0 spiro atoms. The lowest BCUT2D eigenvalue weighted by atomic mass is 9.64. The molecule has 0 aromatic heterocycles. The van der Waals surface area contributed by atoms with E-state index < -0.39 is 0 Å². The second kappa shape index (κ2) is 9.27. The maximum Gasteiger partial charge on any atom is -0.00912 e. The molecule has 3 rings (SSSR count). The maximum absolute atomic E-state index is 3.50. The molecule has 0 N–H and O–H groups in total. The second-order valence-electron chi connectivity index (χ2n) is 8.49. The van der Waals surface area contributed by atoms with Gasteiger partial charge in [0.15, 0.2) is 0 Å². The lowest BCUT2D eigenvalue weighted by Gasteiger charge is -2.49. The molecule has 0 radical (unpaired) electrons. The van der Waals surface area contributed by atoms with Crippen LogP contribution in [0.1, 0.15) is 103 Å². The molecule has 0 bridgehead atoms. The van der Waals surface area contributed by atoms with Crippen molar-refractivity contribution < 1.29 is 0 Å². The van der Waals surface area contributed by atoms with Crippen molar-refractivity contribution in [2.24, 2.45) is 17.8 Å². The van der Waals surface area contributed by atoms with E-state index in [4.69, 9.17) is 0 Å². The maximum atomic E-state index is 3.50. The van der Waals surface area contributed by atoms with Gasteiger partial charge in [0.05, 0.1) is 0 Å². The molecule has 130 valence electrons. The molecule has 1 unspecified atom stereocenters. The van der Waals surface area contributed by atoms with Crippen LogP contribution in [0.15, 0.2) is 0 Å². The molecular weight excluding hydrogens is 307 g/mol. The van der Waals surface area contributed by atoms with Crippen molar-refractivity contribution >= 4 is 21.6 Å². The highest BCUT2D eigenvalue weighted by Crippen LogP contribution is 2.52. The average molecular weight is 345 g/mol. The summed E-state index contributed by atoms with van der Waals surface area (Å²) in [7, 11) is 3.50. The van der Waals surface area contributed by atoms with Gasteiger partial charge < -0.3 is 0 Å². The van der Waals surface area contributed by atoms with E-state index >= 15 is 0 Å². The predicted molar refractivity (Wildman–Crippen MR) is 104 cm³/mol. The summed E-state index contributed by atoms with van der Waals surface area (Å²) >= 11 is 0. The van der Waals surface area contributed by atoms with E-state index in [1.807, 2.05) is 0 Å². The Kier molecular flexibility index (Phi) is 8.03. The lowest BCUT2D eigenvalue weighted by molar-refractivity contribution is 0.137. The molecule has 1 atom stereocenters. The van der Waals surface area contributed by atoms with Gasteiger partial charge in [-0.2, -0.15) is 0 Å². The van der Waals surface area contributed by atoms with Crippen molar-refractivity contribution in [3.8, 4) is 0 Å². The van der Waals surface area contributed by atoms with E-state index in [0.717, 1.165) is 17.8 Å². The minimum atomic E-state index is 0. The molecule has 3 saturated carbocycles. The molecule has 0 nitrogen and oxygen atoms in total. The van der Waals surface area contributed by atoms with Crippen LogP contribution in [0, 0.1) is 17.8 Å². The van der Waals surface area contributed by atoms with Crippen LogP contribution >= 0.6 is 21.6 Å². The summed E-state index contributed by atoms with van der Waals surface area (Å²) in [5.74, 6) is 3.11. The highest BCUT2D eigenvalue weighted by atomic mass is 35.5. The van der Waals surface area contributed by atoms with Crippen LogP contribution in [0.4, 0.5) is 0 Å². The molecule has 0 aliphatic heterocycles. The molecule has 0 aromatic carbocycles. The summed E-state index contributed by atoms with van der Waals surface area (Å²) in [6.45, 7) is 0. The summed E-state index contributed by atoms with van der Waals surface area (Å²) in [6, 6.07) is 0. The van der Waals surface area contributed by atoms with Gasteiger partial charge in [0, 0.05) is 0 Å². The minimum absolute atomic E-state index is 0. The van der Waals surface area contributed by atoms with Gasteiger partial charge in [0.25, 0.3) is 0 Å². The van der Waals surface area contributed by atoms with Crippen LogP contribution in [-0.4, -0.2) is 5.16 Å². The quantitative estimate of drug-likeness (QED) is 0.475. The van der Waals surface area contributed by atoms with Gasteiger partial charge in [0.2, 0.25) is 0 Å². The van der Waals surface area contributed by atoms with E-state index in [-0.39, 0.29) is 12.4 Å². The largest absolute Gasteiger partial charge is 0.147 e. The third kappa shape index (κ3) is 4.63. The molecule has 3 aliphatic rings. The fourth-order valence-electron chi connectivity index (χ4n) is 5.84. The summed E-state index contributed by atoms with van der Waals surface area (Å²) in [6.07, 6.45) is 24.4. The molecule has 3 aliphatic carbocycles. The summed E-state index contributed by atoms with van der Waals surface area (Å²) in [5, 5.41) is 0.614. The summed E-state index contributed by atoms with van der Waals surface area (Å²) in [5.41, 5.74) is 0. The first kappa shape index (κ1) is 19.1. The van der Waals surface area contributed by atoms with E-state index in [2.05, 4.69) is 9.24 Å². The van der Waals surface area contributed by atoms with Crippen molar-refractivity contribution in [3.05, 3.63) is 0 Å². The zero-order valence-corrected chi connectivity index (χ0v) is 16.5. The molecule has 0 amide bonds. The zero-order chi connectivity index (χ0) is 14.5. The van der Waals surface area contributed by atoms with Gasteiger partial charge in [-0.3, -0.25) is 0 Å². The fraction of sp³-hybridized carbons (Fsp3) is 1.00. The van der Waals surface area contributed by atoms with Crippen molar-refractivity contribution in [1.29, 1.82) is 0 Å². The first-order chi connectivity index (χ1) is 10.3. The Morgan fingerprint density at radius 3 is 1.36 bits per heavy atom. The number of halogens is 1. The smallest absolute Gasteiger partial charge is 0.00912 e. The van der Waals surface area contributed by atoms with Gasteiger partial charge in [-0.1, -0.05) is 70.6 Å². The van der Waals surface area contributed by atoms with Crippen molar-refractivity contribution in [3.63, 3.8) is 0 Å². The Labute approximate surface area is 147 Å². The number of hydrogen-bond donors (Lipinski definition) is 0. The first-order valence-electron chi connectivity index (χ1n) is 10.1. The Morgan fingerprint density at radius 2 is 0.955 bits per heavy atom. The highest BCUT2D eigenvalue weighted by Gasteiger charge is 2.43.